The predicted octanol–water partition coefficient (Wildman–Crippen LogP) is 3.59. The molecule has 0 amide bonds. The van der Waals surface area contributed by atoms with Crippen LogP contribution in [0.5, 0.6) is 5.75 Å². The normalized spacial score (nSPS) is 17.6. The average Bonchev–Trinajstić information content (AvgIpc) is 3.08. The zero-order chi connectivity index (χ0) is 18.2. The van der Waals surface area contributed by atoms with E-state index in [0.717, 1.165) is 12.8 Å². The fourth-order valence-corrected chi connectivity index (χ4v) is 2.59. The van der Waals surface area contributed by atoms with Crippen molar-refractivity contribution in [3.05, 3.63) is 28.8 Å². The number of esters is 1. The second-order valence-corrected chi connectivity index (χ2v) is 6.10. The Labute approximate surface area is 153 Å². The summed E-state index contributed by atoms with van der Waals surface area (Å²) < 4.78 is 16.5. The molecule has 0 saturated heterocycles. The van der Waals surface area contributed by atoms with Gasteiger partial charge in [0, 0.05) is 17.2 Å². The quantitative estimate of drug-likeness (QED) is 0.491. The molecule has 6 nitrogen and oxygen atoms in total. The second kappa shape index (κ2) is 9.63. The highest BCUT2D eigenvalue weighted by molar-refractivity contribution is 6.31. The lowest BCUT2D eigenvalue weighted by Gasteiger charge is -2.19. The van der Waals surface area contributed by atoms with Crippen molar-refractivity contribution in [2.75, 3.05) is 20.3 Å². The van der Waals surface area contributed by atoms with Gasteiger partial charge in [-0.05, 0) is 31.0 Å². The zero-order valence-corrected chi connectivity index (χ0v) is 15.5. The molecule has 0 radical (unpaired) electrons. The topological polar surface area (TPSA) is 66.3 Å². The predicted molar refractivity (Wildman–Crippen MR) is 95.3 cm³/mol. The van der Waals surface area contributed by atoms with Gasteiger partial charge in [0.2, 0.25) is 0 Å². The summed E-state index contributed by atoms with van der Waals surface area (Å²) >= 11 is 6.15. The molecule has 2 atom stereocenters. The lowest BCUT2D eigenvalue weighted by atomic mass is 10.0. The number of unbranched alkanes of at least 4 members (excludes halogenated alkanes) is 1. The van der Waals surface area contributed by atoms with E-state index in [2.05, 4.69) is 12.1 Å². The summed E-state index contributed by atoms with van der Waals surface area (Å²) in [6, 6.07) is 5.16. The summed E-state index contributed by atoms with van der Waals surface area (Å²) in [6.45, 7) is 4.92. The molecule has 2 rings (SSSR count). The van der Waals surface area contributed by atoms with Crippen LogP contribution in [0, 0.1) is 0 Å². The summed E-state index contributed by atoms with van der Waals surface area (Å²) in [5.74, 6) is 0.0683. The summed E-state index contributed by atoms with van der Waals surface area (Å²) in [5, 5.41) is 4.64. The summed E-state index contributed by atoms with van der Waals surface area (Å²) in [6.07, 6.45) is 1.50. The molecule has 1 aromatic carbocycles. The Kier molecular flexibility index (Phi) is 7.52. The van der Waals surface area contributed by atoms with Crippen molar-refractivity contribution in [3.63, 3.8) is 0 Å². The summed E-state index contributed by atoms with van der Waals surface area (Å²) in [5.41, 5.74) is 1.28. The second-order valence-electron chi connectivity index (χ2n) is 5.66. The lowest BCUT2D eigenvalue weighted by Crippen LogP contribution is -2.30. The van der Waals surface area contributed by atoms with E-state index in [0.29, 0.717) is 41.7 Å². The minimum atomic E-state index is -0.702. The van der Waals surface area contributed by atoms with Crippen LogP contribution in [-0.4, -0.2) is 44.2 Å². The van der Waals surface area contributed by atoms with Crippen LogP contribution < -0.4 is 4.74 Å². The molecule has 0 unspecified atom stereocenters. The number of hydrogen-bond acceptors (Lipinski definition) is 6. The number of nitrogens with zero attached hydrogens (tertiary/aromatic N) is 1. The Hall–Kier alpha value is -1.79. The number of halogens is 1. The molecule has 1 heterocycles. The van der Waals surface area contributed by atoms with Gasteiger partial charge in [0.15, 0.2) is 6.10 Å². The highest BCUT2D eigenvalue weighted by atomic mass is 35.5. The highest BCUT2D eigenvalue weighted by Crippen LogP contribution is 2.28. The van der Waals surface area contributed by atoms with Crippen LogP contribution in [0.3, 0.4) is 0 Å². The number of rotatable bonds is 9. The first kappa shape index (κ1) is 19.5. The maximum atomic E-state index is 11.8. The molecule has 1 aliphatic rings. The van der Waals surface area contributed by atoms with Gasteiger partial charge in [0.25, 0.3) is 0 Å². The minimum absolute atomic E-state index is 0.287. The first-order chi connectivity index (χ1) is 12.1. The molecule has 25 heavy (non-hydrogen) atoms. The van der Waals surface area contributed by atoms with Crippen LogP contribution in [0.25, 0.3) is 0 Å². The Bertz CT molecular complexity index is 619. The lowest BCUT2D eigenvalue weighted by molar-refractivity contribution is -0.148. The number of ether oxygens (including phenoxy) is 3. The van der Waals surface area contributed by atoms with Gasteiger partial charge in [-0.2, -0.15) is 0 Å². The van der Waals surface area contributed by atoms with Gasteiger partial charge >= 0.3 is 5.97 Å². The number of methoxy groups -OCH3 is 1. The maximum absolute atomic E-state index is 11.8. The molecule has 0 aliphatic carbocycles. The molecule has 0 saturated carbocycles. The van der Waals surface area contributed by atoms with E-state index in [-0.39, 0.29) is 6.10 Å². The van der Waals surface area contributed by atoms with Crippen LogP contribution >= 0.6 is 11.6 Å². The number of benzene rings is 1. The molecule has 1 aromatic rings. The van der Waals surface area contributed by atoms with Gasteiger partial charge in [-0.3, -0.25) is 0 Å². The molecule has 7 heteroatoms. The van der Waals surface area contributed by atoms with Gasteiger partial charge < -0.3 is 19.0 Å². The van der Waals surface area contributed by atoms with E-state index in [9.17, 15) is 4.79 Å². The largest absolute Gasteiger partial charge is 0.478 e. The first-order valence-corrected chi connectivity index (χ1v) is 8.84. The van der Waals surface area contributed by atoms with Crippen molar-refractivity contribution in [1.29, 1.82) is 0 Å². The van der Waals surface area contributed by atoms with Crippen molar-refractivity contribution in [2.45, 2.75) is 45.3 Å². The van der Waals surface area contributed by atoms with E-state index in [1.807, 2.05) is 6.92 Å². The van der Waals surface area contributed by atoms with Crippen LogP contribution in [0.1, 0.15) is 38.7 Å². The van der Waals surface area contributed by atoms with E-state index in [1.165, 1.54) is 7.11 Å². The van der Waals surface area contributed by atoms with Gasteiger partial charge in [-0.25, -0.2) is 4.79 Å². The van der Waals surface area contributed by atoms with Crippen molar-refractivity contribution in [1.82, 2.24) is 0 Å². The number of hydrogen-bond donors (Lipinski definition) is 0. The summed E-state index contributed by atoms with van der Waals surface area (Å²) in [7, 11) is 1.34. The van der Waals surface area contributed by atoms with Gasteiger partial charge in [0.05, 0.1) is 7.11 Å². The molecular formula is C18H24ClNO5. The van der Waals surface area contributed by atoms with Gasteiger partial charge in [-0.15, -0.1) is 0 Å². The van der Waals surface area contributed by atoms with Crippen molar-refractivity contribution < 1.29 is 23.8 Å². The average molecular weight is 370 g/mol. The van der Waals surface area contributed by atoms with Crippen LogP contribution in [0.15, 0.2) is 23.4 Å². The standard InChI is InChI=1S/C18H24ClNO5/c1-4-6-9-23-16-11-24-20-17(16)13-10-12(19)7-8-15(13)25-14(5-2)18(21)22-3/h7-8,10,14,16H,4-6,9,11H2,1-3H3/t14-,16+/m0/s1. The number of carbonyl (C=O) groups excluding carboxylic acids is 1. The van der Waals surface area contributed by atoms with E-state index < -0.39 is 12.1 Å². The Morgan fingerprint density at radius 2 is 2.24 bits per heavy atom. The van der Waals surface area contributed by atoms with E-state index in [1.54, 1.807) is 18.2 Å². The Morgan fingerprint density at radius 3 is 2.92 bits per heavy atom. The zero-order valence-electron chi connectivity index (χ0n) is 14.8. The molecule has 0 spiro atoms. The number of carbonyl (C=O) groups is 1. The molecule has 1 aliphatic heterocycles. The monoisotopic (exact) mass is 369 g/mol. The van der Waals surface area contributed by atoms with Crippen molar-refractivity contribution in [3.8, 4) is 5.75 Å². The molecule has 0 fully saturated rings. The third-order valence-corrected chi connectivity index (χ3v) is 4.07. The molecule has 0 N–H and O–H groups in total. The highest BCUT2D eigenvalue weighted by Gasteiger charge is 2.29. The first-order valence-electron chi connectivity index (χ1n) is 8.46. The van der Waals surface area contributed by atoms with Crippen LogP contribution in [0.2, 0.25) is 5.02 Å². The molecule has 0 bridgehead atoms. The Balaban J connectivity index is 2.24. The van der Waals surface area contributed by atoms with E-state index >= 15 is 0 Å². The van der Waals surface area contributed by atoms with Crippen molar-refractivity contribution >= 4 is 23.3 Å². The van der Waals surface area contributed by atoms with Crippen LogP contribution in [-0.2, 0) is 19.1 Å². The SMILES string of the molecule is CCCCO[C@@H]1CON=C1c1cc(Cl)ccc1O[C@@H](CC)C(=O)OC. The van der Waals surface area contributed by atoms with Gasteiger partial charge in [-0.1, -0.05) is 37.0 Å². The van der Waals surface area contributed by atoms with E-state index in [4.69, 9.17) is 30.6 Å². The smallest absolute Gasteiger partial charge is 0.347 e. The third-order valence-electron chi connectivity index (χ3n) is 3.83. The summed E-state index contributed by atoms with van der Waals surface area (Å²) in [4.78, 5) is 17.1. The van der Waals surface area contributed by atoms with Gasteiger partial charge in [0.1, 0.15) is 24.2 Å². The number of oxime groups is 1. The molecule has 138 valence electrons. The molecular weight excluding hydrogens is 346 g/mol. The third kappa shape index (κ3) is 5.09. The van der Waals surface area contributed by atoms with Crippen LogP contribution in [0.4, 0.5) is 0 Å². The Morgan fingerprint density at radius 1 is 1.44 bits per heavy atom. The minimum Gasteiger partial charge on any atom is -0.478 e. The fraction of sp³-hybridized carbons (Fsp3) is 0.556. The molecule has 0 aromatic heterocycles. The maximum Gasteiger partial charge on any atom is 0.347 e. The van der Waals surface area contributed by atoms with Crippen molar-refractivity contribution in [2.24, 2.45) is 5.16 Å². The fourth-order valence-electron chi connectivity index (χ4n) is 2.42.